The van der Waals surface area contributed by atoms with E-state index in [9.17, 15) is 5.11 Å². The van der Waals surface area contributed by atoms with Gasteiger partial charge in [-0.15, -0.1) is 0 Å². The highest BCUT2D eigenvalue weighted by Gasteiger charge is 2.26. The quantitative estimate of drug-likeness (QED) is 0.639. The van der Waals surface area contributed by atoms with E-state index in [-0.39, 0.29) is 6.10 Å². The summed E-state index contributed by atoms with van der Waals surface area (Å²) in [4.78, 5) is 0. The summed E-state index contributed by atoms with van der Waals surface area (Å²) in [6.07, 6.45) is 8.13. The summed E-state index contributed by atoms with van der Waals surface area (Å²) < 4.78 is 0. The van der Waals surface area contributed by atoms with Crippen molar-refractivity contribution in [2.45, 2.75) is 38.7 Å². The molecule has 0 heterocycles. The van der Waals surface area contributed by atoms with Gasteiger partial charge < -0.3 is 5.11 Å². The molecule has 0 aromatic heterocycles. The second kappa shape index (κ2) is 4.46. The smallest absolute Gasteiger partial charge is 0.0611 e. The van der Waals surface area contributed by atoms with Crippen LogP contribution in [0, 0.1) is 5.92 Å². The van der Waals surface area contributed by atoms with Gasteiger partial charge in [0.2, 0.25) is 0 Å². The second-order valence-corrected chi connectivity index (χ2v) is 3.49. The van der Waals surface area contributed by atoms with Gasteiger partial charge in [0.25, 0.3) is 0 Å². The predicted octanol–water partition coefficient (Wildman–Crippen LogP) is 2.67. The maximum Gasteiger partial charge on any atom is 0.0611 e. The van der Waals surface area contributed by atoms with Crippen LogP contribution in [0.5, 0.6) is 0 Å². The van der Waals surface area contributed by atoms with Gasteiger partial charge in [-0.05, 0) is 25.7 Å². The van der Waals surface area contributed by atoms with Crippen molar-refractivity contribution in [3.63, 3.8) is 0 Å². The van der Waals surface area contributed by atoms with Crippen LogP contribution >= 0.6 is 0 Å². The van der Waals surface area contributed by atoms with Gasteiger partial charge in [-0.3, -0.25) is 0 Å². The number of hydrogen-bond donors (Lipinski definition) is 1. The van der Waals surface area contributed by atoms with Crippen molar-refractivity contribution in [3.05, 3.63) is 24.3 Å². The van der Waals surface area contributed by atoms with E-state index in [2.05, 4.69) is 25.7 Å². The lowest BCUT2D eigenvalue weighted by atomic mass is 9.98. The van der Waals surface area contributed by atoms with Gasteiger partial charge in [0.05, 0.1) is 6.10 Å². The lowest BCUT2D eigenvalue weighted by molar-refractivity contribution is 0.143. The van der Waals surface area contributed by atoms with Gasteiger partial charge in [0.1, 0.15) is 0 Å². The molecule has 1 nitrogen and oxygen atoms in total. The van der Waals surface area contributed by atoms with E-state index in [1.165, 1.54) is 5.57 Å². The first-order valence-corrected chi connectivity index (χ1v) is 4.76. The van der Waals surface area contributed by atoms with Crippen LogP contribution in [-0.4, -0.2) is 11.2 Å². The number of hydrogen-bond acceptors (Lipinski definition) is 1. The Kier molecular flexibility index (Phi) is 3.54. The van der Waals surface area contributed by atoms with Crippen molar-refractivity contribution in [2.75, 3.05) is 0 Å². The summed E-state index contributed by atoms with van der Waals surface area (Å²) in [6, 6.07) is 0. The van der Waals surface area contributed by atoms with Gasteiger partial charge in [-0.25, -0.2) is 0 Å². The zero-order chi connectivity index (χ0) is 8.97. The fourth-order valence-corrected chi connectivity index (χ4v) is 1.73. The molecular weight excluding hydrogens is 148 g/mol. The topological polar surface area (TPSA) is 20.2 Å². The molecule has 2 atom stereocenters. The Morgan fingerprint density at radius 3 is 2.83 bits per heavy atom. The van der Waals surface area contributed by atoms with Crippen LogP contribution in [0.3, 0.4) is 0 Å². The maximum atomic E-state index is 9.56. The van der Waals surface area contributed by atoms with Crippen molar-refractivity contribution in [1.29, 1.82) is 0 Å². The van der Waals surface area contributed by atoms with E-state index in [1.807, 2.05) is 0 Å². The lowest BCUT2D eigenvalue weighted by Crippen LogP contribution is -2.12. The van der Waals surface area contributed by atoms with Gasteiger partial charge >= 0.3 is 0 Å². The molecule has 12 heavy (non-hydrogen) atoms. The first-order valence-electron chi connectivity index (χ1n) is 4.76. The second-order valence-electron chi connectivity index (χ2n) is 3.49. The third kappa shape index (κ3) is 2.21. The van der Waals surface area contributed by atoms with Crippen molar-refractivity contribution < 1.29 is 5.11 Å². The van der Waals surface area contributed by atoms with Gasteiger partial charge in [-0.2, -0.15) is 0 Å². The molecule has 0 aliphatic heterocycles. The molecule has 0 unspecified atom stereocenters. The van der Waals surface area contributed by atoms with Gasteiger partial charge in [0, 0.05) is 5.92 Å². The minimum absolute atomic E-state index is 0.140. The van der Waals surface area contributed by atoms with Gasteiger partial charge in [0.15, 0.2) is 0 Å². The molecule has 0 aromatic rings. The number of aliphatic hydroxyl groups is 1. The lowest BCUT2D eigenvalue weighted by Gasteiger charge is -2.12. The molecule has 0 aromatic carbocycles. The van der Waals surface area contributed by atoms with E-state index in [4.69, 9.17) is 0 Å². The van der Waals surface area contributed by atoms with Crippen LogP contribution in [0.15, 0.2) is 24.3 Å². The Hall–Kier alpha value is -0.560. The number of rotatable bonds is 3. The summed E-state index contributed by atoms with van der Waals surface area (Å²) in [5.74, 6) is 0.327. The zero-order valence-corrected chi connectivity index (χ0v) is 7.79. The third-order valence-corrected chi connectivity index (χ3v) is 2.54. The van der Waals surface area contributed by atoms with Crippen LogP contribution in [0.4, 0.5) is 0 Å². The number of aliphatic hydroxyl groups excluding tert-OH is 1. The van der Waals surface area contributed by atoms with Crippen molar-refractivity contribution in [2.24, 2.45) is 5.92 Å². The van der Waals surface area contributed by atoms with Crippen molar-refractivity contribution in [3.8, 4) is 0 Å². The fraction of sp³-hybridized carbons (Fsp3) is 0.636. The molecule has 0 bridgehead atoms. The summed E-state index contributed by atoms with van der Waals surface area (Å²) in [7, 11) is 0. The molecule has 0 amide bonds. The highest BCUT2D eigenvalue weighted by molar-refractivity contribution is 5.11. The van der Waals surface area contributed by atoms with Crippen LogP contribution < -0.4 is 0 Å². The average Bonchev–Trinajstić information content (AvgIpc) is 2.35. The number of allylic oxidation sites excluding steroid dienone is 2. The molecule has 1 aliphatic carbocycles. The maximum absolute atomic E-state index is 9.56. The molecule has 1 aliphatic rings. The Balaban J connectivity index is 2.39. The SMILES string of the molecule is C=C1CC[C@H](O)[C@H]1C/C=C\CC. The normalized spacial score (nSPS) is 30.3. The Bertz CT molecular complexity index is 181. The average molecular weight is 166 g/mol. The van der Waals surface area contributed by atoms with Crippen LogP contribution in [-0.2, 0) is 0 Å². The first kappa shape index (κ1) is 9.53. The Labute approximate surface area is 74.8 Å². The summed E-state index contributed by atoms with van der Waals surface area (Å²) in [5.41, 5.74) is 1.23. The molecule has 1 rings (SSSR count). The monoisotopic (exact) mass is 166 g/mol. The first-order chi connectivity index (χ1) is 5.75. The zero-order valence-electron chi connectivity index (χ0n) is 7.79. The van der Waals surface area contributed by atoms with Gasteiger partial charge in [-0.1, -0.05) is 31.2 Å². The van der Waals surface area contributed by atoms with E-state index >= 15 is 0 Å². The molecule has 1 fully saturated rings. The van der Waals surface area contributed by atoms with Crippen LogP contribution in [0.1, 0.15) is 32.6 Å². The van der Waals surface area contributed by atoms with E-state index in [0.29, 0.717) is 5.92 Å². The van der Waals surface area contributed by atoms with Crippen LogP contribution in [0.25, 0.3) is 0 Å². The minimum Gasteiger partial charge on any atom is -0.392 e. The minimum atomic E-state index is -0.140. The molecule has 1 saturated carbocycles. The molecule has 0 spiro atoms. The highest BCUT2D eigenvalue weighted by atomic mass is 16.3. The molecular formula is C11H18O. The molecule has 0 saturated heterocycles. The van der Waals surface area contributed by atoms with E-state index < -0.39 is 0 Å². The summed E-state index contributed by atoms with van der Waals surface area (Å²) in [5, 5.41) is 9.56. The molecule has 68 valence electrons. The standard InChI is InChI=1S/C11H18O/c1-3-4-5-6-10-9(2)7-8-11(10)12/h4-5,10-12H,2-3,6-8H2,1H3/b5-4-/t10-,11-/m0/s1. The van der Waals surface area contributed by atoms with Crippen molar-refractivity contribution in [1.82, 2.24) is 0 Å². The van der Waals surface area contributed by atoms with E-state index in [1.54, 1.807) is 0 Å². The Morgan fingerprint density at radius 1 is 1.58 bits per heavy atom. The third-order valence-electron chi connectivity index (χ3n) is 2.54. The fourth-order valence-electron chi connectivity index (χ4n) is 1.73. The largest absolute Gasteiger partial charge is 0.392 e. The summed E-state index contributed by atoms with van der Waals surface area (Å²) >= 11 is 0. The highest BCUT2D eigenvalue weighted by Crippen LogP contribution is 2.32. The van der Waals surface area contributed by atoms with E-state index in [0.717, 1.165) is 25.7 Å². The predicted molar refractivity (Wildman–Crippen MR) is 51.9 cm³/mol. The van der Waals surface area contributed by atoms with Crippen molar-refractivity contribution >= 4 is 0 Å². The van der Waals surface area contributed by atoms with Crippen LogP contribution in [0.2, 0.25) is 0 Å². The molecule has 0 radical (unpaired) electrons. The summed E-state index contributed by atoms with van der Waals surface area (Å²) in [6.45, 7) is 6.09. The molecule has 1 heteroatoms. The molecule has 1 N–H and O–H groups in total. The Morgan fingerprint density at radius 2 is 2.33 bits per heavy atom.